The largest absolute Gasteiger partial charge is 0.481 e. The van der Waals surface area contributed by atoms with Crippen LogP contribution < -0.4 is 5.32 Å². The molecule has 2 rings (SSSR count). The van der Waals surface area contributed by atoms with Gasteiger partial charge in [-0.15, -0.1) is 0 Å². The SMILES string of the molecule is O=C(O)CCC(=O)Nc1ccc(C(=O)N2CCOCC2)cc1. The van der Waals surface area contributed by atoms with E-state index in [2.05, 4.69) is 5.32 Å². The number of aliphatic carboxylic acids is 1. The Morgan fingerprint density at radius 1 is 1.09 bits per heavy atom. The molecule has 1 aliphatic heterocycles. The molecule has 1 saturated heterocycles. The zero-order chi connectivity index (χ0) is 15.9. The number of hydrogen-bond donors (Lipinski definition) is 2. The molecule has 1 aromatic rings. The summed E-state index contributed by atoms with van der Waals surface area (Å²) in [6, 6.07) is 6.55. The lowest BCUT2D eigenvalue weighted by Crippen LogP contribution is -2.40. The molecular formula is C15H18N2O5. The Labute approximate surface area is 127 Å². The van der Waals surface area contributed by atoms with E-state index >= 15 is 0 Å². The minimum absolute atomic E-state index is 0.0629. The fourth-order valence-electron chi connectivity index (χ4n) is 2.09. The van der Waals surface area contributed by atoms with Gasteiger partial charge in [0.1, 0.15) is 0 Å². The number of amides is 2. The minimum atomic E-state index is -1.01. The van der Waals surface area contributed by atoms with Crippen LogP contribution in [0.1, 0.15) is 23.2 Å². The van der Waals surface area contributed by atoms with E-state index in [-0.39, 0.29) is 24.7 Å². The summed E-state index contributed by atoms with van der Waals surface area (Å²) in [6.45, 7) is 2.24. The van der Waals surface area contributed by atoms with E-state index in [4.69, 9.17) is 9.84 Å². The minimum Gasteiger partial charge on any atom is -0.481 e. The number of nitrogens with zero attached hydrogens (tertiary/aromatic N) is 1. The number of rotatable bonds is 5. The lowest BCUT2D eigenvalue weighted by atomic mass is 10.1. The van der Waals surface area contributed by atoms with E-state index in [1.54, 1.807) is 29.2 Å². The Balaban J connectivity index is 1.90. The summed E-state index contributed by atoms with van der Waals surface area (Å²) in [4.78, 5) is 35.9. The van der Waals surface area contributed by atoms with Crippen molar-refractivity contribution in [2.75, 3.05) is 31.6 Å². The summed E-state index contributed by atoms with van der Waals surface area (Å²) in [6.07, 6.45) is -0.288. The van der Waals surface area contributed by atoms with Gasteiger partial charge in [-0.3, -0.25) is 14.4 Å². The van der Waals surface area contributed by atoms with E-state index in [0.717, 1.165) is 0 Å². The van der Waals surface area contributed by atoms with E-state index in [1.165, 1.54) is 0 Å². The molecule has 0 spiro atoms. The van der Waals surface area contributed by atoms with Gasteiger partial charge >= 0.3 is 5.97 Å². The molecule has 118 valence electrons. The van der Waals surface area contributed by atoms with Crippen LogP contribution in [-0.2, 0) is 14.3 Å². The van der Waals surface area contributed by atoms with Gasteiger partial charge in [0.05, 0.1) is 19.6 Å². The average Bonchev–Trinajstić information content (AvgIpc) is 2.54. The van der Waals surface area contributed by atoms with Gasteiger partial charge < -0.3 is 20.1 Å². The fourth-order valence-corrected chi connectivity index (χ4v) is 2.09. The monoisotopic (exact) mass is 306 g/mol. The van der Waals surface area contributed by atoms with Crippen molar-refractivity contribution in [3.8, 4) is 0 Å². The van der Waals surface area contributed by atoms with Gasteiger partial charge in [-0.05, 0) is 24.3 Å². The van der Waals surface area contributed by atoms with Crippen molar-refractivity contribution in [1.82, 2.24) is 4.90 Å². The van der Waals surface area contributed by atoms with Crippen LogP contribution in [0, 0.1) is 0 Å². The maximum absolute atomic E-state index is 12.2. The van der Waals surface area contributed by atoms with Crippen molar-refractivity contribution in [3.05, 3.63) is 29.8 Å². The van der Waals surface area contributed by atoms with E-state index < -0.39 is 5.97 Å². The normalized spacial score (nSPS) is 14.5. The molecule has 1 aliphatic rings. The van der Waals surface area contributed by atoms with Gasteiger partial charge in [0.2, 0.25) is 5.91 Å². The van der Waals surface area contributed by atoms with Gasteiger partial charge in [-0.1, -0.05) is 0 Å². The number of anilines is 1. The third-order valence-corrected chi connectivity index (χ3v) is 3.28. The van der Waals surface area contributed by atoms with Crippen LogP contribution >= 0.6 is 0 Å². The molecule has 0 unspecified atom stereocenters. The maximum Gasteiger partial charge on any atom is 0.303 e. The summed E-state index contributed by atoms with van der Waals surface area (Å²) >= 11 is 0. The molecule has 22 heavy (non-hydrogen) atoms. The third-order valence-electron chi connectivity index (χ3n) is 3.28. The predicted octanol–water partition coefficient (Wildman–Crippen LogP) is 0.962. The Hall–Kier alpha value is -2.41. The number of carboxylic acid groups (broad SMARTS) is 1. The molecule has 1 aromatic carbocycles. The molecule has 2 N–H and O–H groups in total. The topological polar surface area (TPSA) is 95.9 Å². The lowest BCUT2D eigenvalue weighted by molar-refractivity contribution is -0.138. The first kappa shape index (κ1) is 16.0. The molecule has 0 atom stereocenters. The van der Waals surface area contributed by atoms with Gasteiger partial charge in [0.25, 0.3) is 5.91 Å². The first-order valence-electron chi connectivity index (χ1n) is 7.05. The van der Waals surface area contributed by atoms with Crippen LogP contribution in [0.15, 0.2) is 24.3 Å². The highest BCUT2D eigenvalue weighted by molar-refractivity contribution is 5.96. The average molecular weight is 306 g/mol. The van der Waals surface area contributed by atoms with Gasteiger partial charge in [-0.25, -0.2) is 0 Å². The molecule has 7 nitrogen and oxygen atoms in total. The summed E-state index contributed by atoms with van der Waals surface area (Å²) in [7, 11) is 0. The van der Waals surface area contributed by atoms with Crippen molar-refractivity contribution >= 4 is 23.5 Å². The Bertz CT molecular complexity index is 550. The van der Waals surface area contributed by atoms with Gasteiger partial charge in [0.15, 0.2) is 0 Å². The van der Waals surface area contributed by atoms with E-state index in [9.17, 15) is 14.4 Å². The number of ether oxygens (including phenoxy) is 1. The number of carbonyl (C=O) groups excluding carboxylic acids is 2. The first-order valence-corrected chi connectivity index (χ1v) is 7.05. The molecule has 1 fully saturated rings. The van der Waals surface area contributed by atoms with Crippen LogP contribution in [0.2, 0.25) is 0 Å². The number of nitrogens with one attached hydrogen (secondary N) is 1. The Morgan fingerprint density at radius 3 is 2.32 bits per heavy atom. The highest BCUT2D eigenvalue weighted by atomic mass is 16.5. The number of hydrogen-bond acceptors (Lipinski definition) is 4. The highest BCUT2D eigenvalue weighted by Gasteiger charge is 2.18. The van der Waals surface area contributed by atoms with Gasteiger partial charge in [0, 0.05) is 30.8 Å². The number of carbonyl (C=O) groups is 3. The quantitative estimate of drug-likeness (QED) is 0.845. The van der Waals surface area contributed by atoms with Crippen molar-refractivity contribution in [1.29, 1.82) is 0 Å². The summed E-state index contributed by atoms with van der Waals surface area (Å²) in [5.74, 6) is -1.44. The predicted molar refractivity (Wildman–Crippen MR) is 78.7 cm³/mol. The van der Waals surface area contributed by atoms with E-state index in [1.807, 2.05) is 0 Å². The molecule has 0 aromatic heterocycles. The standard InChI is InChI=1S/C15H18N2O5/c18-13(5-6-14(19)20)16-12-3-1-11(2-4-12)15(21)17-7-9-22-10-8-17/h1-4H,5-10H2,(H,16,18)(H,19,20). The molecule has 0 saturated carbocycles. The smallest absolute Gasteiger partial charge is 0.303 e. The fraction of sp³-hybridized carbons (Fsp3) is 0.400. The molecule has 2 amide bonds. The summed E-state index contributed by atoms with van der Waals surface area (Å²) < 4.78 is 5.21. The maximum atomic E-state index is 12.2. The number of benzene rings is 1. The molecule has 7 heteroatoms. The van der Waals surface area contributed by atoms with Crippen LogP contribution in [0.4, 0.5) is 5.69 Å². The van der Waals surface area contributed by atoms with Crippen LogP contribution in [-0.4, -0.2) is 54.1 Å². The molecule has 1 heterocycles. The zero-order valence-electron chi connectivity index (χ0n) is 12.1. The molecule has 0 radical (unpaired) electrons. The van der Waals surface area contributed by atoms with Crippen LogP contribution in [0.25, 0.3) is 0 Å². The second-order valence-electron chi connectivity index (χ2n) is 4.92. The zero-order valence-corrected chi connectivity index (χ0v) is 12.1. The Kier molecular flexibility index (Phi) is 5.48. The van der Waals surface area contributed by atoms with Crippen LogP contribution in [0.5, 0.6) is 0 Å². The van der Waals surface area contributed by atoms with Crippen molar-refractivity contribution in [3.63, 3.8) is 0 Å². The first-order chi connectivity index (χ1) is 10.6. The van der Waals surface area contributed by atoms with Gasteiger partial charge in [-0.2, -0.15) is 0 Å². The summed E-state index contributed by atoms with van der Waals surface area (Å²) in [5.41, 5.74) is 1.08. The van der Waals surface area contributed by atoms with Crippen molar-refractivity contribution in [2.24, 2.45) is 0 Å². The molecular weight excluding hydrogens is 288 g/mol. The number of morpholine rings is 1. The third kappa shape index (κ3) is 4.56. The summed E-state index contributed by atoms with van der Waals surface area (Å²) in [5, 5.41) is 11.1. The Morgan fingerprint density at radius 2 is 1.73 bits per heavy atom. The second-order valence-corrected chi connectivity index (χ2v) is 4.92. The molecule has 0 bridgehead atoms. The van der Waals surface area contributed by atoms with Crippen molar-refractivity contribution < 1.29 is 24.2 Å². The second kappa shape index (κ2) is 7.56. The lowest BCUT2D eigenvalue weighted by Gasteiger charge is -2.26. The molecule has 0 aliphatic carbocycles. The van der Waals surface area contributed by atoms with E-state index in [0.29, 0.717) is 37.6 Å². The highest BCUT2D eigenvalue weighted by Crippen LogP contribution is 2.13. The number of carboxylic acids is 1. The van der Waals surface area contributed by atoms with Crippen molar-refractivity contribution in [2.45, 2.75) is 12.8 Å². The van der Waals surface area contributed by atoms with Crippen LogP contribution in [0.3, 0.4) is 0 Å².